The maximum atomic E-state index is 12.3. The molecule has 0 aliphatic heterocycles. The lowest BCUT2D eigenvalue weighted by Gasteiger charge is -2.19. The fraction of sp³-hybridized carbons (Fsp3) is 0.650. The van der Waals surface area contributed by atoms with E-state index in [0.717, 1.165) is 12.8 Å². The van der Waals surface area contributed by atoms with Crippen LogP contribution in [0.1, 0.15) is 79.4 Å². The van der Waals surface area contributed by atoms with Crippen LogP contribution in [0.4, 0.5) is 4.79 Å². The van der Waals surface area contributed by atoms with Crippen molar-refractivity contribution < 1.29 is 19.1 Å². The number of nitrogens with one attached hydrogen (secondary N) is 3. The third kappa shape index (κ3) is 7.88. The molecule has 156 valence electrons. The zero-order valence-electron chi connectivity index (χ0n) is 17.0. The van der Waals surface area contributed by atoms with Crippen molar-refractivity contribution in [1.82, 2.24) is 16.2 Å². The first kappa shape index (κ1) is 22.2. The number of fused-ring (bicyclic) bond motifs is 1. The van der Waals surface area contributed by atoms with Gasteiger partial charge in [-0.2, -0.15) is 0 Å². The molecule has 0 bridgehead atoms. The van der Waals surface area contributed by atoms with E-state index in [1.54, 1.807) is 20.8 Å². The van der Waals surface area contributed by atoms with Gasteiger partial charge in [-0.25, -0.2) is 4.79 Å². The van der Waals surface area contributed by atoms with Gasteiger partial charge in [-0.3, -0.25) is 20.4 Å². The lowest BCUT2D eigenvalue weighted by Crippen LogP contribution is -2.41. The van der Waals surface area contributed by atoms with E-state index in [9.17, 15) is 14.4 Å². The first-order valence-corrected chi connectivity index (χ1v) is 10.7. The second-order valence-electron chi connectivity index (χ2n) is 8.01. The van der Waals surface area contributed by atoms with Crippen molar-refractivity contribution in [1.29, 1.82) is 0 Å². The number of carbonyl (C=O) groups is 3. The molecule has 0 radical (unpaired) electrons. The number of hydrogen-bond donors (Lipinski definition) is 3. The molecule has 8 heteroatoms. The third-order valence-electron chi connectivity index (χ3n) is 4.28. The standard InChI is InChI=1S/C20H31N3O4S/c1-20(2,3)27-19(26)21-12-8-11-17(24)22-23-18(25)16-13-14-9-6-4-5-7-10-15(14)28-16/h13H,4-12H2,1-3H3,(H,21,26)(H,22,24)(H,23,25). The Morgan fingerprint density at radius 3 is 2.50 bits per heavy atom. The van der Waals surface area contributed by atoms with E-state index in [1.165, 1.54) is 47.5 Å². The quantitative estimate of drug-likeness (QED) is 0.512. The molecule has 0 saturated heterocycles. The highest BCUT2D eigenvalue weighted by atomic mass is 32.1. The summed E-state index contributed by atoms with van der Waals surface area (Å²) >= 11 is 1.52. The topological polar surface area (TPSA) is 96.5 Å². The second kappa shape index (κ2) is 10.5. The van der Waals surface area contributed by atoms with Crippen molar-refractivity contribution in [3.8, 4) is 0 Å². The fourth-order valence-electron chi connectivity index (χ4n) is 2.96. The second-order valence-corrected chi connectivity index (χ2v) is 9.14. The predicted octanol–water partition coefficient (Wildman–Crippen LogP) is 3.47. The molecule has 0 spiro atoms. The van der Waals surface area contributed by atoms with Crippen LogP contribution >= 0.6 is 11.3 Å². The number of carbonyl (C=O) groups excluding carboxylic acids is 3. The molecular formula is C20H31N3O4S. The van der Waals surface area contributed by atoms with Crippen molar-refractivity contribution in [2.24, 2.45) is 0 Å². The van der Waals surface area contributed by atoms with Gasteiger partial charge in [0, 0.05) is 17.8 Å². The molecular weight excluding hydrogens is 378 g/mol. The highest BCUT2D eigenvalue weighted by Gasteiger charge is 2.17. The summed E-state index contributed by atoms with van der Waals surface area (Å²) in [5.41, 5.74) is 5.64. The number of aryl methyl sites for hydroxylation is 2. The van der Waals surface area contributed by atoms with Crippen LogP contribution in [0.25, 0.3) is 0 Å². The van der Waals surface area contributed by atoms with Gasteiger partial charge < -0.3 is 10.1 Å². The van der Waals surface area contributed by atoms with E-state index >= 15 is 0 Å². The molecule has 1 aromatic heterocycles. The van der Waals surface area contributed by atoms with E-state index < -0.39 is 11.7 Å². The van der Waals surface area contributed by atoms with Gasteiger partial charge in [-0.1, -0.05) is 12.8 Å². The maximum absolute atomic E-state index is 12.3. The van der Waals surface area contributed by atoms with Gasteiger partial charge in [0.15, 0.2) is 0 Å². The summed E-state index contributed by atoms with van der Waals surface area (Å²) < 4.78 is 5.12. The van der Waals surface area contributed by atoms with Crippen LogP contribution in [0.2, 0.25) is 0 Å². The number of amides is 3. The Labute approximate surface area is 170 Å². The minimum absolute atomic E-state index is 0.191. The first-order chi connectivity index (χ1) is 13.2. The number of hydrogen-bond acceptors (Lipinski definition) is 5. The van der Waals surface area contributed by atoms with Crippen molar-refractivity contribution in [3.63, 3.8) is 0 Å². The normalized spacial score (nSPS) is 14.2. The highest BCUT2D eigenvalue weighted by molar-refractivity contribution is 7.14. The number of hydrazine groups is 1. The molecule has 0 atom stereocenters. The summed E-state index contributed by atoms with van der Waals surface area (Å²) in [6.45, 7) is 5.69. The molecule has 7 nitrogen and oxygen atoms in total. The van der Waals surface area contributed by atoms with Gasteiger partial charge in [0.05, 0.1) is 4.88 Å². The Hall–Kier alpha value is -2.09. The first-order valence-electron chi connectivity index (χ1n) is 9.92. The molecule has 1 aromatic rings. The van der Waals surface area contributed by atoms with Crippen LogP contribution in [0.15, 0.2) is 6.07 Å². The van der Waals surface area contributed by atoms with Crippen LogP contribution in [-0.4, -0.2) is 30.1 Å². The van der Waals surface area contributed by atoms with Crippen molar-refractivity contribution in [3.05, 3.63) is 21.4 Å². The highest BCUT2D eigenvalue weighted by Crippen LogP contribution is 2.28. The van der Waals surface area contributed by atoms with Crippen LogP contribution in [0.5, 0.6) is 0 Å². The number of alkyl carbamates (subject to hydrolysis) is 1. The predicted molar refractivity (Wildman–Crippen MR) is 109 cm³/mol. The van der Waals surface area contributed by atoms with E-state index in [4.69, 9.17) is 4.74 Å². The van der Waals surface area contributed by atoms with Gasteiger partial charge in [0.25, 0.3) is 5.91 Å². The number of rotatable bonds is 5. The lowest BCUT2D eigenvalue weighted by atomic mass is 10.00. The van der Waals surface area contributed by atoms with E-state index in [2.05, 4.69) is 16.2 Å². The zero-order chi connectivity index (χ0) is 20.6. The molecule has 3 amide bonds. The van der Waals surface area contributed by atoms with Crippen LogP contribution < -0.4 is 16.2 Å². The molecule has 0 saturated carbocycles. The van der Waals surface area contributed by atoms with Crippen LogP contribution in [0, 0.1) is 0 Å². The maximum Gasteiger partial charge on any atom is 0.407 e. The zero-order valence-corrected chi connectivity index (χ0v) is 17.8. The van der Waals surface area contributed by atoms with Gasteiger partial charge in [-0.05, 0) is 64.5 Å². The molecule has 3 N–H and O–H groups in total. The number of ether oxygens (including phenoxy) is 1. The SMILES string of the molecule is CC(C)(C)OC(=O)NCCCC(=O)NNC(=O)c1cc2c(s1)CCCCCC2. The Balaban J connectivity index is 1.68. The van der Waals surface area contributed by atoms with Gasteiger partial charge >= 0.3 is 6.09 Å². The van der Waals surface area contributed by atoms with Crippen LogP contribution in [-0.2, 0) is 22.4 Å². The average molecular weight is 410 g/mol. The monoisotopic (exact) mass is 409 g/mol. The molecule has 1 aliphatic carbocycles. The van der Waals surface area contributed by atoms with E-state index in [-0.39, 0.29) is 18.2 Å². The third-order valence-corrected chi connectivity index (χ3v) is 5.52. The molecule has 2 rings (SSSR count). The van der Waals surface area contributed by atoms with Gasteiger partial charge in [0.2, 0.25) is 5.91 Å². The Bertz CT molecular complexity index is 669. The van der Waals surface area contributed by atoms with Crippen molar-refractivity contribution in [2.75, 3.05) is 6.54 Å². The van der Waals surface area contributed by atoms with Crippen LogP contribution in [0.3, 0.4) is 0 Å². The Morgan fingerprint density at radius 1 is 1.07 bits per heavy atom. The average Bonchev–Trinajstić information content (AvgIpc) is 2.97. The lowest BCUT2D eigenvalue weighted by molar-refractivity contribution is -0.121. The van der Waals surface area contributed by atoms with Crippen molar-refractivity contribution >= 4 is 29.2 Å². The summed E-state index contributed by atoms with van der Waals surface area (Å²) in [6, 6.07) is 1.96. The molecule has 0 unspecified atom stereocenters. The molecule has 1 aliphatic rings. The Kier molecular flexibility index (Phi) is 8.29. The minimum Gasteiger partial charge on any atom is -0.444 e. The summed E-state index contributed by atoms with van der Waals surface area (Å²) in [7, 11) is 0. The van der Waals surface area contributed by atoms with E-state index in [0.29, 0.717) is 17.8 Å². The van der Waals surface area contributed by atoms with Gasteiger partial charge in [-0.15, -0.1) is 11.3 Å². The molecule has 0 fully saturated rings. The van der Waals surface area contributed by atoms with Gasteiger partial charge in [0.1, 0.15) is 5.60 Å². The molecule has 1 heterocycles. The smallest absolute Gasteiger partial charge is 0.407 e. The fourth-order valence-corrected chi connectivity index (χ4v) is 4.11. The summed E-state index contributed by atoms with van der Waals surface area (Å²) in [5.74, 6) is -0.578. The van der Waals surface area contributed by atoms with Crippen molar-refractivity contribution in [2.45, 2.75) is 77.7 Å². The summed E-state index contributed by atoms with van der Waals surface area (Å²) in [6.07, 6.45) is 7.02. The largest absolute Gasteiger partial charge is 0.444 e. The molecule has 0 aromatic carbocycles. The molecule has 28 heavy (non-hydrogen) atoms. The Morgan fingerprint density at radius 2 is 1.79 bits per heavy atom. The summed E-state index contributed by atoms with van der Waals surface area (Å²) in [5, 5.41) is 2.60. The summed E-state index contributed by atoms with van der Waals surface area (Å²) in [4.78, 5) is 37.6. The number of thiophene rings is 1. The van der Waals surface area contributed by atoms with E-state index in [1.807, 2.05) is 6.07 Å². The minimum atomic E-state index is -0.551.